The van der Waals surface area contributed by atoms with Gasteiger partial charge in [-0.25, -0.2) is 0 Å². The third-order valence-electron chi connectivity index (χ3n) is 27.8. The zero-order valence-corrected chi connectivity index (χ0v) is 54.3. The largest absolute Gasteiger partial charge is 0.298 e. The van der Waals surface area contributed by atoms with Crippen LogP contribution in [0.3, 0.4) is 0 Å². The van der Waals surface area contributed by atoms with Crippen molar-refractivity contribution in [3.8, 4) is 0 Å². The Morgan fingerprint density at radius 1 is 0.237 bits per heavy atom. The molecule has 80 heavy (non-hydrogen) atoms. The Morgan fingerprint density at radius 2 is 0.412 bits per heavy atom. The van der Waals surface area contributed by atoms with Crippen LogP contribution in [0.15, 0.2) is 0 Å². The van der Waals surface area contributed by atoms with E-state index in [1.165, 1.54) is 360 Å². The van der Waals surface area contributed by atoms with Gasteiger partial charge in [0, 0.05) is 21.7 Å². The summed E-state index contributed by atoms with van der Waals surface area (Å²) >= 11 is 0. The zero-order chi connectivity index (χ0) is 55.7. The maximum absolute atomic E-state index is 13.9. The van der Waals surface area contributed by atoms with Crippen LogP contribution in [0.4, 0.5) is 0 Å². The Bertz CT molecular complexity index is 1600. The second-order valence-electron chi connectivity index (χ2n) is 32.7. The lowest BCUT2D eigenvalue weighted by atomic mass is 9.42. The zero-order valence-electron chi connectivity index (χ0n) is 54.3. The highest BCUT2D eigenvalue weighted by Crippen LogP contribution is 2.67. The number of rotatable bonds is 26. The minimum Gasteiger partial charge on any atom is -0.298 e. The fourth-order valence-electron chi connectivity index (χ4n) is 22.4. The molecule has 0 saturated heterocycles. The maximum atomic E-state index is 13.9. The van der Waals surface area contributed by atoms with Crippen LogP contribution in [0.5, 0.6) is 0 Å². The van der Waals surface area contributed by atoms with Crippen molar-refractivity contribution in [2.75, 3.05) is 0 Å². The minimum atomic E-state index is 0.133. The average Bonchev–Trinajstić information content (AvgIpc) is 3.62. The molecule has 0 atom stereocenters. The predicted octanol–water partition coefficient (Wildman–Crippen LogP) is 24.5. The van der Waals surface area contributed by atoms with Crippen LogP contribution < -0.4 is 0 Å². The van der Waals surface area contributed by atoms with Gasteiger partial charge in [0.1, 0.15) is 11.6 Å². The van der Waals surface area contributed by atoms with Gasteiger partial charge >= 0.3 is 0 Å². The third kappa shape index (κ3) is 16.5. The van der Waals surface area contributed by atoms with Crippen LogP contribution >= 0.6 is 0 Å². The molecule has 0 bridgehead atoms. The van der Waals surface area contributed by atoms with Gasteiger partial charge in [-0.05, 0) is 238 Å². The summed E-state index contributed by atoms with van der Waals surface area (Å²) in [6.07, 6.45) is 79.4. The molecule has 0 aromatic carbocycles. The molecule has 4 spiro atoms. The van der Waals surface area contributed by atoms with Gasteiger partial charge in [0.15, 0.2) is 0 Å². The van der Waals surface area contributed by atoms with E-state index in [4.69, 9.17) is 0 Å². The molecule has 0 heterocycles. The normalized spacial score (nSPS) is 40.4. The van der Waals surface area contributed by atoms with Gasteiger partial charge in [-0.3, -0.25) is 9.59 Å². The molecule has 2 nitrogen and oxygen atoms in total. The molecular weight excluding hydrogens is 969 g/mol. The molecule has 0 radical (unpaired) electrons. The van der Waals surface area contributed by atoms with Crippen LogP contribution in [-0.4, -0.2) is 11.6 Å². The third-order valence-corrected chi connectivity index (χ3v) is 27.8. The Morgan fingerprint density at radius 3 is 0.600 bits per heavy atom. The lowest BCUT2D eigenvalue weighted by Gasteiger charge is -2.60. The van der Waals surface area contributed by atoms with E-state index in [2.05, 4.69) is 27.7 Å². The topological polar surface area (TPSA) is 34.1 Å². The van der Waals surface area contributed by atoms with E-state index >= 15 is 0 Å². The summed E-state index contributed by atoms with van der Waals surface area (Å²) < 4.78 is 0. The second-order valence-corrected chi connectivity index (χ2v) is 32.7. The fraction of sp³-hybridized carbons (Fsp3) is 0.974. The van der Waals surface area contributed by atoms with Crippen molar-refractivity contribution in [3.63, 3.8) is 0 Å². The molecule has 10 saturated carbocycles. The van der Waals surface area contributed by atoms with Crippen LogP contribution in [-0.2, 0) is 9.59 Å². The summed E-state index contributed by atoms with van der Waals surface area (Å²) in [5.41, 5.74) is 0.535. The first-order valence-corrected chi connectivity index (χ1v) is 38.2. The number of carbonyl (C=O) groups is 2. The van der Waals surface area contributed by atoms with Crippen molar-refractivity contribution in [1.82, 2.24) is 0 Å². The molecule has 10 rings (SSSR count). The molecule has 0 aromatic rings. The molecule has 10 fully saturated rings. The van der Waals surface area contributed by atoms with E-state index in [9.17, 15) is 9.59 Å². The van der Waals surface area contributed by atoms with Crippen LogP contribution in [0.1, 0.15) is 387 Å². The van der Waals surface area contributed by atoms with E-state index in [0.29, 0.717) is 0 Å². The van der Waals surface area contributed by atoms with Gasteiger partial charge in [0.2, 0.25) is 0 Å². The standard InChI is InChI=1S/C40H70O.C38H66O/c1-3-5-7-9-11-13-32-15-19-34(20-16-32)36-23-27-39(28-24-36)31-40(38(39)41)29-25-37(26-30-40)35-21-17-33(18-22-35)14-12-10-8-6-4-2;1-3-5-7-9-11-30-13-17-32(18-14-30)34-21-25-37(26-22-34)29-38(36(37)39)27-23-35(24-28-38)33-19-15-31(16-20-33)12-10-8-6-4-2/h32-37H,3-31H2,1-2H3;30-35H,3-29H2,1-2H3. The summed E-state index contributed by atoms with van der Waals surface area (Å²) in [7, 11) is 0. The van der Waals surface area contributed by atoms with Gasteiger partial charge in [0.25, 0.3) is 0 Å². The second kappa shape index (κ2) is 31.8. The van der Waals surface area contributed by atoms with E-state index < -0.39 is 0 Å². The highest BCUT2D eigenvalue weighted by Gasteiger charge is 2.65. The summed E-state index contributed by atoms with van der Waals surface area (Å²) in [6.45, 7) is 9.28. The van der Waals surface area contributed by atoms with Crippen LogP contribution in [0.2, 0.25) is 0 Å². The first kappa shape index (κ1) is 63.8. The predicted molar refractivity (Wildman–Crippen MR) is 343 cm³/mol. The summed E-state index contributed by atoms with van der Waals surface area (Å²) in [5.74, 6) is 13.4. The Labute approximate surface area is 498 Å². The molecule has 0 aliphatic heterocycles. The lowest BCUT2D eigenvalue weighted by Crippen LogP contribution is -2.60. The van der Waals surface area contributed by atoms with E-state index in [1.54, 1.807) is 0 Å². The molecule has 0 unspecified atom stereocenters. The SMILES string of the molecule is CCCCCCC1CCC(C2CCC3(CC2)CC2(CCC(C4CCC(CCCCCC)CC4)CC2)C3=O)CC1.CCCCCCCC1CCC(C2CCC3(CC2)CC2(CCC(C4CCC(CCCCCCC)CC4)CC2)C3=O)CC1. The summed E-state index contributed by atoms with van der Waals surface area (Å²) in [4.78, 5) is 27.8. The van der Waals surface area contributed by atoms with Crippen molar-refractivity contribution in [2.45, 2.75) is 387 Å². The fourth-order valence-corrected chi connectivity index (χ4v) is 22.4. The number of Topliss-reactive ketones (excluding diaryl/α,β-unsaturated/α-hetero) is 2. The van der Waals surface area contributed by atoms with Crippen molar-refractivity contribution >= 4 is 11.6 Å². The van der Waals surface area contributed by atoms with Gasteiger partial charge < -0.3 is 0 Å². The van der Waals surface area contributed by atoms with E-state index in [1.807, 2.05) is 0 Å². The first-order valence-electron chi connectivity index (χ1n) is 38.2. The summed E-state index contributed by atoms with van der Waals surface area (Å²) in [5, 5.41) is 0. The molecular formula is C78H136O2. The molecule has 0 amide bonds. The van der Waals surface area contributed by atoms with Gasteiger partial charge in [0.05, 0.1) is 0 Å². The van der Waals surface area contributed by atoms with Crippen molar-refractivity contribution in [3.05, 3.63) is 0 Å². The quantitative estimate of drug-likeness (QED) is 0.0809. The minimum absolute atomic E-state index is 0.133. The monoisotopic (exact) mass is 1110 g/mol. The smallest absolute Gasteiger partial charge is 0.145 e. The number of hydrogen-bond donors (Lipinski definition) is 0. The lowest BCUT2D eigenvalue weighted by molar-refractivity contribution is -0.170. The Balaban J connectivity index is 0.000000194. The molecule has 460 valence electrons. The maximum Gasteiger partial charge on any atom is 0.145 e. The van der Waals surface area contributed by atoms with Gasteiger partial charge in [-0.15, -0.1) is 0 Å². The number of carbonyl (C=O) groups excluding carboxylic acids is 2. The number of ketones is 2. The molecule has 0 N–H and O–H groups in total. The van der Waals surface area contributed by atoms with Crippen LogP contribution in [0.25, 0.3) is 0 Å². The average molecular weight is 1110 g/mol. The Hall–Kier alpha value is -0.660. The van der Waals surface area contributed by atoms with Gasteiger partial charge in [-0.1, -0.05) is 220 Å². The van der Waals surface area contributed by atoms with E-state index in [-0.39, 0.29) is 21.7 Å². The molecule has 0 aromatic heterocycles. The van der Waals surface area contributed by atoms with Gasteiger partial charge in [-0.2, -0.15) is 0 Å². The Kier molecular flexibility index (Phi) is 25.4. The molecule has 10 aliphatic carbocycles. The van der Waals surface area contributed by atoms with Crippen molar-refractivity contribution in [2.24, 2.45) is 92.7 Å². The van der Waals surface area contributed by atoms with Crippen LogP contribution in [0, 0.1) is 92.7 Å². The summed E-state index contributed by atoms with van der Waals surface area (Å²) in [6, 6.07) is 0. The molecule has 10 aliphatic rings. The highest BCUT2D eigenvalue weighted by atomic mass is 16.1. The van der Waals surface area contributed by atoms with Crippen molar-refractivity contribution < 1.29 is 9.59 Å². The van der Waals surface area contributed by atoms with E-state index in [0.717, 1.165) is 82.6 Å². The number of unbranched alkanes of at least 4 members (excludes halogenated alkanes) is 14. The first-order chi connectivity index (χ1) is 39.1. The van der Waals surface area contributed by atoms with Crippen molar-refractivity contribution in [1.29, 1.82) is 0 Å². The molecule has 2 heteroatoms. The number of hydrogen-bond acceptors (Lipinski definition) is 2. The highest BCUT2D eigenvalue weighted by molar-refractivity contribution is 5.97.